The van der Waals surface area contributed by atoms with Gasteiger partial charge in [-0.15, -0.1) is 0 Å². The number of ether oxygens (including phenoxy) is 3. The lowest BCUT2D eigenvalue weighted by Crippen LogP contribution is -2.34. The van der Waals surface area contributed by atoms with E-state index in [0.717, 1.165) is 11.3 Å². The largest absolute Gasteiger partial charge is 0.497 e. The summed E-state index contributed by atoms with van der Waals surface area (Å²) in [6.45, 7) is 2.05. The lowest BCUT2D eigenvalue weighted by molar-refractivity contribution is -0.0149. The summed E-state index contributed by atoms with van der Waals surface area (Å²) in [5.74, 6) is 0.781. The maximum atomic E-state index is 11.9. The quantitative estimate of drug-likeness (QED) is 0.676. The van der Waals surface area contributed by atoms with Crippen LogP contribution in [0.25, 0.3) is 0 Å². The Morgan fingerprint density at radius 3 is 2.72 bits per heavy atom. The number of methoxy groups -OCH3 is 1. The van der Waals surface area contributed by atoms with Crippen LogP contribution < -0.4 is 21.3 Å². The number of amides is 1. The third kappa shape index (κ3) is 5.35. The molecule has 0 fully saturated rings. The Balaban J connectivity index is 1.41. The molecule has 9 heteroatoms. The maximum Gasteiger partial charge on any atom is 0.407 e. The van der Waals surface area contributed by atoms with Crippen LogP contribution in [0, 0.1) is 6.92 Å². The molecule has 1 aliphatic rings. The van der Waals surface area contributed by atoms with E-state index in [9.17, 15) is 14.4 Å². The topological polar surface area (TPSA) is 112 Å². The van der Waals surface area contributed by atoms with Crippen LogP contribution in [0.3, 0.4) is 0 Å². The van der Waals surface area contributed by atoms with E-state index in [0.29, 0.717) is 18.5 Å². The van der Waals surface area contributed by atoms with Crippen molar-refractivity contribution in [1.29, 1.82) is 0 Å². The van der Waals surface area contributed by atoms with E-state index in [1.807, 2.05) is 24.3 Å². The van der Waals surface area contributed by atoms with Crippen LogP contribution in [-0.4, -0.2) is 42.0 Å². The average molecular weight is 401 g/mol. The Morgan fingerprint density at radius 2 is 2.00 bits per heavy atom. The summed E-state index contributed by atoms with van der Waals surface area (Å²) in [4.78, 5) is 37.4. The zero-order chi connectivity index (χ0) is 20.8. The highest BCUT2D eigenvalue weighted by Gasteiger charge is 2.23. The average Bonchev–Trinajstić information content (AvgIpc) is 3.18. The molecule has 0 spiro atoms. The van der Waals surface area contributed by atoms with Crippen molar-refractivity contribution in [2.75, 3.05) is 20.3 Å². The second kappa shape index (κ2) is 9.24. The third-order valence-electron chi connectivity index (χ3n) is 4.45. The van der Waals surface area contributed by atoms with Crippen molar-refractivity contribution in [1.82, 2.24) is 14.9 Å². The Kier molecular flexibility index (Phi) is 6.50. The Labute approximate surface area is 166 Å². The van der Waals surface area contributed by atoms with Gasteiger partial charge in [-0.05, 0) is 37.1 Å². The Bertz CT molecular complexity index is 993. The van der Waals surface area contributed by atoms with Gasteiger partial charge in [0.05, 0.1) is 7.11 Å². The Morgan fingerprint density at radius 1 is 1.24 bits per heavy atom. The molecule has 1 aromatic carbocycles. The number of nitrogens with one attached hydrogen (secondary N) is 2. The summed E-state index contributed by atoms with van der Waals surface area (Å²) in [6.07, 6.45) is 3.80. The highest BCUT2D eigenvalue weighted by atomic mass is 16.6. The number of carbonyl (C=O) groups excluding carboxylic acids is 1. The molecule has 0 aliphatic carbocycles. The van der Waals surface area contributed by atoms with Crippen LogP contribution in [0.5, 0.6) is 5.75 Å². The first-order valence-corrected chi connectivity index (χ1v) is 9.15. The van der Waals surface area contributed by atoms with Gasteiger partial charge in [-0.25, -0.2) is 9.59 Å². The number of H-pyrrole nitrogens is 1. The van der Waals surface area contributed by atoms with Gasteiger partial charge in [-0.3, -0.25) is 14.3 Å². The number of hydrogen-bond acceptors (Lipinski definition) is 6. The fraction of sp³-hybridized carbons (Fsp3) is 0.350. The first-order chi connectivity index (χ1) is 14.0. The summed E-state index contributed by atoms with van der Waals surface area (Å²) in [7, 11) is 1.61. The minimum Gasteiger partial charge on any atom is -0.497 e. The number of rotatable bonds is 7. The molecule has 2 atom stereocenters. The molecule has 0 unspecified atom stereocenters. The van der Waals surface area contributed by atoms with Gasteiger partial charge in [0.2, 0.25) is 0 Å². The van der Waals surface area contributed by atoms with Crippen molar-refractivity contribution < 1.29 is 19.0 Å². The minimum absolute atomic E-state index is 0.0124. The molecule has 2 heterocycles. The zero-order valence-corrected chi connectivity index (χ0v) is 16.2. The molecule has 9 nitrogen and oxygen atoms in total. The zero-order valence-electron chi connectivity index (χ0n) is 16.2. The summed E-state index contributed by atoms with van der Waals surface area (Å²) in [5.41, 5.74) is 0.475. The lowest BCUT2D eigenvalue weighted by Gasteiger charge is -2.16. The van der Waals surface area contributed by atoms with Crippen LogP contribution in [0.2, 0.25) is 0 Å². The van der Waals surface area contributed by atoms with Crippen molar-refractivity contribution in [2.45, 2.75) is 25.7 Å². The number of nitrogens with zero attached hydrogens (tertiary/aromatic N) is 1. The number of aromatic nitrogens is 2. The molecule has 2 N–H and O–H groups in total. The summed E-state index contributed by atoms with van der Waals surface area (Å²) in [6, 6.07) is 7.60. The van der Waals surface area contributed by atoms with Gasteiger partial charge in [0, 0.05) is 18.3 Å². The van der Waals surface area contributed by atoms with E-state index >= 15 is 0 Å². The SMILES string of the molecule is COc1ccc(CCNC(=O)OC[C@@H]2C=C[C@H](n3cc(C)c(=O)[nH]c3=O)O2)cc1. The fourth-order valence-electron chi connectivity index (χ4n) is 2.83. The van der Waals surface area contributed by atoms with E-state index in [1.165, 1.54) is 10.8 Å². The second-order valence-electron chi connectivity index (χ2n) is 6.55. The van der Waals surface area contributed by atoms with Gasteiger partial charge < -0.3 is 19.5 Å². The van der Waals surface area contributed by atoms with Gasteiger partial charge in [-0.2, -0.15) is 0 Å². The molecule has 0 radical (unpaired) electrons. The van der Waals surface area contributed by atoms with Crippen molar-refractivity contribution in [2.24, 2.45) is 0 Å². The Hall–Kier alpha value is -3.33. The molecular formula is C20H23N3O6. The molecule has 154 valence electrons. The number of aryl methyl sites for hydroxylation is 1. The monoisotopic (exact) mass is 401 g/mol. The molecule has 3 rings (SSSR count). The van der Waals surface area contributed by atoms with Crippen LogP contribution in [0.15, 0.2) is 52.2 Å². The first kappa shape index (κ1) is 20.4. The summed E-state index contributed by atoms with van der Waals surface area (Å²) < 4.78 is 17.2. The van der Waals surface area contributed by atoms with Crippen LogP contribution in [0.4, 0.5) is 4.79 Å². The first-order valence-electron chi connectivity index (χ1n) is 9.15. The maximum absolute atomic E-state index is 11.9. The highest BCUT2D eigenvalue weighted by Crippen LogP contribution is 2.19. The third-order valence-corrected chi connectivity index (χ3v) is 4.45. The van der Waals surface area contributed by atoms with Crippen LogP contribution in [-0.2, 0) is 15.9 Å². The number of aromatic amines is 1. The van der Waals surface area contributed by atoms with Crippen LogP contribution >= 0.6 is 0 Å². The second-order valence-corrected chi connectivity index (χ2v) is 6.55. The predicted molar refractivity (Wildman–Crippen MR) is 105 cm³/mol. The fourth-order valence-corrected chi connectivity index (χ4v) is 2.83. The molecule has 0 saturated heterocycles. The van der Waals surface area contributed by atoms with Crippen LogP contribution in [0.1, 0.15) is 17.4 Å². The van der Waals surface area contributed by atoms with Gasteiger partial charge in [0.1, 0.15) is 18.5 Å². The number of benzene rings is 1. The van der Waals surface area contributed by atoms with E-state index < -0.39 is 29.7 Å². The van der Waals surface area contributed by atoms with Crippen molar-refractivity contribution in [3.05, 3.63) is 74.6 Å². The number of alkyl carbamates (subject to hydrolysis) is 1. The van der Waals surface area contributed by atoms with Gasteiger partial charge in [0.25, 0.3) is 5.56 Å². The van der Waals surface area contributed by atoms with Crippen molar-refractivity contribution in [3.63, 3.8) is 0 Å². The molecule has 2 aromatic rings. The molecular weight excluding hydrogens is 378 g/mol. The number of carbonyl (C=O) groups is 1. The van der Waals surface area contributed by atoms with E-state index in [1.54, 1.807) is 26.2 Å². The highest BCUT2D eigenvalue weighted by molar-refractivity contribution is 5.67. The van der Waals surface area contributed by atoms with E-state index in [4.69, 9.17) is 14.2 Å². The summed E-state index contributed by atoms with van der Waals surface area (Å²) in [5, 5.41) is 2.68. The minimum atomic E-state index is -0.662. The predicted octanol–water partition coefficient (Wildman–Crippen LogP) is 1.28. The molecule has 1 aliphatic heterocycles. The smallest absolute Gasteiger partial charge is 0.407 e. The van der Waals surface area contributed by atoms with Gasteiger partial charge >= 0.3 is 11.8 Å². The molecule has 1 amide bonds. The number of hydrogen-bond donors (Lipinski definition) is 2. The lowest BCUT2D eigenvalue weighted by atomic mass is 10.1. The van der Waals surface area contributed by atoms with E-state index in [-0.39, 0.29) is 6.61 Å². The molecule has 29 heavy (non-hydrogen) atoms. The molecule has 0 bridgehead atoms. The normalized spacial score (nSPS) is 17.9. The molecule has 1 aromatic heterocycles. The van der Waals surface area contributed by atoms with Crippen molar-refractivity contribution >= 4 is 6.09 Å². The van der Waals surface area contributed by atoms with E-state index in [2.05, 4.69) is 10.3 Å². The standard InChI is InChI=1S/C20H23N3O6/c1-13-11-23(19(25)22-18(13)24)17-8-7-16(29-17)12-28-20(26)21-10-9-14-3-5-15(27-2)6-4-14/h3-8,11,16-17H,9-10,12H2,1-2H3,(H,21,26)(H,22,24,25)/t16-,17+/m0/s1. The van der Waals surface area contributed by atoms with Crippen molar-refractivity contribution in [3.8, 4) is 5.75 Å². The summed E-state index contributed by atoms with van der Waals surface area (Å²) >= 11 is 0. The van der Waals surface area contributed by atoms with Gasteiger partial charge in [-0.1, -0.05) is 18.2 Å². The van der Waals surface area contributed by atoms with Gasteiger partial charge in [0.15, 0.2) is 6.23 Å². The molecule has 0 saturated carbocycles.